The van der Waals surface area contributed by atoms with Crippen LogP contribution >= 0.6 is 24.0 Å². The number of benzene rings is 1. The summed E-state index contributed by atoms with van der Waals surface area (Å²) in [6.45, 7) is 4.30. The number of carbonyl (C=O) groups is 1. The summed E-state index contributed by atoms with van der Waals surface area (Å²) in [7, 11) is 4.71. The van der Waals surface area contributed by atoms with Crippen molar-refractivity contribution in [1.82, 2.24) is 10.2 Å². The Kier molecular flexibility index (Phi) is 7.72. The quantitative estimate of drug-likeness (QED) is 0.303. The number of esters is 1. The lowest BCUT2D eigenvalue weighted by atomic mass is 9.87. The van der Waals surface area contributed by atoms with E-state index in [2.05, 4.69) is 15.2 Å². The standard InChI is InChI=1S/C19H27N3O4.HI/c1-20-18(22-8-6-19(12-22)7-9-26-13-19)21-11-14-4-5-15(17(23)25-3)16(10-14)24-2;/h4-5,10H,6-9,11-13H2,1-3H3,(H,20,21);1H. The minimum atomic E-state index is -0.404. The van der Waals surface area contributed by atoms with E-state index in [9.17, 15) is 4.79 Å². The summed E-state index contributed by atoms with van der Waals surface area (Å²) in [6, 6.07) is 5.47. The Morgan fingerprint density at radius 2 is 2.19 bits per heavy atom. The fourth-order valence-corrected chi connectivity index (χ4v) is 3.72. The van der Waals surface area contributed by atoms with Gasteiger partial charge in [-0.3, -0.25) is 4.99 Å². The van der Waals surface area contributed by atoms with Gasteiger partial charge in [0, 0.05) is 38.7 Å². The Labute approximate surface area is 177 Å². The minimum Gasteiger partial charge on any atom is -0.496 e. The Bertz CT molecular complexity index is 690. The number of aliphatic imine (C=N–C) groups is 1. The molecular weight excluding hydrogens is 461 g/mol. The molecule has 0 aromatic heterocycles. The third-order valence-corrected chi connectivity index (χ3v) is 5.26. The molecule has 0 radical (unpaired) electrons. The van der Waals surface area contributed by atoms with Gasteiger partial charge in [0.25, 0.3) is 0 Å². The first-order chi connectivity index (χ1) is 12.6. The smallest absolute Gasteiger partial charge is 0.341 e. The lowest BCUT2D eigenvalue weighted by Crippen LogP contribution is -2.41. The second-order valence-electron chi connectivity index (χ2n) is 6.90. The van der Waals surface area contributed by atoms with Crippen LogP contribution in [0.2, 0.25) is 0 Å². The van der Waals surface area contributed by atoms with E-state index >= 15 is 0 Å². The normalized spacial score (nSPS) is 21.9. The number of hydrogen-bond acceptors (Lipinski definition) is 5. The minimum absolute atomic E-state index is 0. The van der Waals surface area contributed by atoms with Gasteiger partial charge < -0.3 is 24.4 Å². The number of hydrogen-bond donors (Lipinski definition) is 1. The summed E-state index contributed by atoms with van der Waals surface area (Å²) in [5, 5.41) is 3.41. The molecule has 1 spiro atoms. The number of guanidine groups is 1. The summed E-state index contributed by atoms with van der Waals surface area (Å²) in [4.78, 5) is 18.5. The summed E-state index contributed by atoms with van der Waals surface area (Å²) in [6.07, 6.45) is 2.28. The fraction of sp³-hybridized carbons (Fsp3) is 0.579. The molecule has 0 aliphatic carbocycles. The fourth-order valence-electron chi connectivity index (χ4n) is 3.72. The van der Waals surface area contributed by atoms with E-state index in [0.717, 1.165) is 50.7 Å². The Hall–Kier alpha value is -1.55. The maximum atomic E-state index is 11.8. The van der Waals surface area contributed by atoms with E-state index in [1.165, 1.54) is 7.11 Å². The number of carbonyl (C=O) groups excluding carboxylic acids is 1. The number of nitrogens with zero attached hydrogens (tertiary/aromatic N) is 2. The van der Waals surface area contributed by atoms with Crippen LogP contribution in [0.5, 0.6) is 5.75 Å². The van der Waals surface area contributed by atoms with Crippen LogP contribution in [-0.4, -0.2) is 64.4 Å². The maximum absolute atomic E-state index is 11.8. The summed E-state index contributed by atoms with van der Waals surface area (Å²) >= 11 is 0. The second kappa shape index (κ2) is 9.59. The lowest BCUT2D eigenvalue weighted by Gasteiger charge is -2.25. The highest BCUT2D eigenvalue weighted by Gasteiger charge is 2.42. The zero-order valence-electron chi connectivity index (χ0n) is 16.1. The van der Waals surface area contributed by atoms with Gasteiger partial charge in [0.05, 0.1) is 20.8 Å². The zero-order valence-corrected chi connectivity index (χ0v) is 18.4. The van der Waals surface area contributed by atoms with Gasteiger partial charge >= 0.3 is 5.97 Å². The maximum Gasteiger partial charge on any atom is 0.341 e. The van der Waals surface area contributed by atoms with Gasteiger partial charge in [-0.05, 0) is 30.5 Å². The van der Waals surface area contributed by atoms with Crippen LogP contribution in [0, 0.1) is 5.41 Å². The predicted octanol–water partition coefficient (Wildman–Crippen LogP) is 2.29. The van der Waals surface area contributed by atoms with Crippen LogP contribution in [0.25, 0.3) is 0 Å². The molecule has 150 valence electrons. The highest BCUT2D eigenvalue weighted by Crippen LogP contribution is 2.38. The van der Waals surface area contributed by atoms with Crippen molar-refractivity contribution in [3.8, 4) is 5.75 Å². The van der Waals surface area contributed by atoms with Gasteiger partial charge in [-0.2, -0.15) is 0 Å². The molecule has 0 amide bonds. The van der Waals surface area contributed by atoms with Crippen molar-refractivity contribution >= 4 is 35.9 Å². The highest BCUT2D eigenvalue weighted by atomic mass is 127. The van der Waals surface area contributed by atoms with Crippen molar-refractivity contribution in [1.29, 1.82) is 0 Å². The molecule has 7 nitrogen and oxygen atoms in total. The summed E-state index contributed by atoms with van der Waals surface area (Å²) in [5.41, 5.74) is 1.72. The molecule has 1 N–H and O–H groups in total. The van der Waals surface area contributed by atoms with Crippen LogP contribution < -0.4 is 10.1 Å². The summed E-state index contributed by atoms with van der Waals surface area (Å²) in [5.74, 6) is 0.998. The van der Waals surface area contributed by atoms with Crippen LogP contribution in [0.15, 0.2) is 23.2 Å². The van der Waals surface area contributed by atoms with E-state index in [4.69, 9.17) is 14.2 Å². The monoisotopic (exact) mass is 489 g/mol. The molecule has 27 heavy (non-hydrogen) atoms. The van der Waals surface area contributed by atoms with Crippen LogP contribution in [0.1, 0.15) is 28.8 Å². The molecule has 1 atom stereocenters. The van der Waals surface area contributed by atoms with Gasteiger partial charge in [0.15, 0.2) is 5.96 Å². The molecule has 3 rings (SSSR count). The van der Waals surface area contributed by atoms with E-state index in [1.54, 1.807) is 20.2 Å². The van der Waals surface area contributed by atoms with Crippen molar-refractivity contribution < 1.29 is 19.0 Å². The van der Waals surface area contributed by atoms with E-state index in [-0.39, 0.29) is 24.0 Å². The number of nitrogens with one attached hydrogen (secondary N) is 1. The predicted molar refractivity (Wildman–Crippen MR) is 114 cm³/mol. The van der Waals surface area contributed by atoms with Gasteiger partial charge in [0.2, 0.25) is 0 Å². The lowest BCUT2D eigenvalue weighted by molar-refractivity contribution is 0.0597. The van der Waals surface area contributed by atoms with Crippen LogP contribution in [-0.2, 0) is 16.0 Å². The van der Waals surface area contributed by atoms with Crippen molar-refractivity contribution in [2.75, 3.05) is 47.6 Å². The zero-order chi connectivity index (χ0) is 18.6. The Balaban J connectivity index is 0.00000261. The third-order valence-electron chi connectivity index (χ3n) is 5.26. The first kappa shape index (κ1) is 21.7. The summed E-state index contributed by atoms with van der Waals surface area (Å²) < 4.78 is 15.7. The highest BCUT2D eigenvalue weighted by molar-refractivity contribution is 14.0. The molecule has 2 saturated heterocycles. The molecule has 1 aromatic rings. The largest absolute Gasteiger partial charge is 0.496 e. The van der Waals surface area contributed by atoms with Crippen LogP contribution in [0.3, 0.4) is 0 Å². The number of methoxy groups -OCH3 is 2. The Morgan fingerprint density at radius 3 is 2.81 bits per heavy atom. The number of ether oxygens (including phenoxy) is 3. The number of rotatable bonds is 4. The molecule has 2 aliphatic heterocycles. The van der Waals surface area contributed by atoms with Crippen molar-refractivity contribution in [2.45, 2.75) is 19.4 Å². The van der Waals surface area contributed by atoms with Crippen LogP contribution in [0.4, 0.5) is 0 Å². The van der Waals surface area contributed by atoms with Gasteiger partial charge in [-0.25, -0.2) is 4.79 Å². The topological polar surface area (TPSA) is 72.4 Å². The third kappa shape index (κ3) is 4.84. The van der Waals surface area contributed by atoms with Gasteiger partial charge in [0.1, 0.15) is 11.3 Å². The second-order valence-corrected chi connectivity index (χ2v) is 6.90. The molecule has 2 heterocycles. The van der Waals surface area contributed by atoms with Crippen molar-refractivity contribution in [3.05, 3.63) is 29.3 Å². The van der Waals surface area contributed by atoms with Gasteiger partial charge in [-0.1, -0.05) is 6.07 Å². The first-order valence-electron chi connectivity index (χ1n) is 8.89. The molecule has 8 heteroatoms. The average Bonchev–Trinajstić information content (AvgIpc) is 3.31. The van der Waals surface area contributed by atoms with E-state index in [0.29, 0.717) is 23.3 Å². The van der Waals surface area contributed by atoms with Crippen molar-refractivity contribution in [2.24, 2.45) is 10.4 Å². The molecule has 1 aromatic carbocycles. The molecular formula is C19H28IN3O4. The SMILES string of the molecule is CN=C(NCc1ccc(C(=O)OC)c(OC)c1)N1CCC2(CCOC2)C1.I. The average molecular weight is 489 g/mol. The molecule has 2 aliphatic rings. The molecule has 1 unspecified atom stereocenters. The molecule has 2 fully saturated rings. The van der Waals surface area contributed by atoms with Gasteiger partial charge in [-0.15, -0.1) is 24.0 Å². The number of halogens is 1. The van der Waals surface area contributed by atoms with E-state index < -0.39 is 5.97 Å². The molecule has 0 bridgehead atoms. The van der Waals surface area contributed by atoms with E-state index in [1.807, 2.05) is 12.1 Å². The number of likely N-dealkylation sites (tertiary alicyclic amines) is 1. The van der Waals surface area contributed by atoms with Crippen molar-refractivity contribution in [3.63, 3.8) is 0 Å². The Morgan fingerprint density at radius 1 is 1.37 bits per heavy atom. The molecule has 0 saturated carbocycles. The first-order valence-corrected chi connectivity index (χ1v) is 8.89.